The predicted molar refractivity (Wildman–Crippen MR) is 77.5 cm³/mol. The predicted octanol–water partition coefficient (Wildman–Crippen LogP) is 2.35. The molecule has 1 N–H and O–H groups in total. The fourth-order valence-electron chi connectivity index (χ4n) is 2.39. The number of hydrogen-bond acceptors (Lipinski definition) is 5. The highest BCUT2D eigenvalue weighted by atomic mass is 16.5. The molecule has 0 saturated heterocycles. The molecule has 0 spiro atoms. The maximum absolute atomic E-state index is 5.52. The quantitative estimate of drug-likeness (QED) is 0.927. The first-order chi connectivity index (χ1) is 9.79. The standard InChI is InChI=1S/C15H18N4O/c1-3-17-14-12-9-20-7-5-13(12)18-15(19-14)11-4-6-16-8-10(11)2/h4,6,8H,3,5,7,9H2,1-2H3,(H,17,18,19). The number of aromatic nitrogens is 3. The van der Waals surface area contributed by atoms with E-state index in [1.54, 1.807) is 6.20 Å². The fraction of sp³-hybridized carbons (Fsp3) is 0.400. The Morgan fingerprint density at radius 3 is 3.05 bits per heavy atom. The van der Waals surface area contributed by atoms with Crippen molar-refractivity contribution in [2.45, 2.75) is 26.9 Å². The van der Waals surface area contributed by atoms with Crippen molar-refractivity contribution in [2.75, 3.05) is 18.5 Å². The zero-order valence-corrected chi connectivity index (χ0v) is 11.8. The van der Waals surface area contributed by atoms with Crippen LogP contribution in [-0.2, 0) is 17.8 Å². The summed E-state index contributed by atoms with van der Waals surface area (Å²) >= 11 is 0. The van der Waals surface area contributed by atoms with Gasteiger partial charge in [-0.15, -0.1) is 0 Å². The van der Waals surface area contributed by atoms with Gasteiger partial charge in [-0.1, -0.05) is 0 Å². The molecule has 0 bridgehead atoms. The molecule has 20 heavy (non-hydrogen) atoms. The van der Waals surface area contributed by atoms with E-state index in [0.717, 1.165) is 53.6 Å². The molecule has 0 aliphatic carbocycles. The molecule has 2 aromatic heterocycles. The third kappa shape index (κ3) is 2.36. The first-order valence-corrected chi connectivity index (χ1v) is 6.92. The van der Waals surface area contributed by atoms with Crippen LogP contribution in [0.5, 0.6) is 0 Å². The summed E-state index contributed by atoms with van der Waals surface area (Å²) in [6.07, 6.45) is 4.46. The first kappa shape index (κ1) is 13.0. The summed E-state index contributed by atoms with van der Waals surface area (Å²) in [7, 11) is 0. The molecule has 0 aromatic carbocycles. The Kier molecular flexibility index (Phi) is 3.60. The second-order valence-electron chi connectivity index (χ2n) is 4.84. The van der Waals surface area contributed by atoms with Gasteiger partial charge >= 0.3 is 0 Å². The summed E-state index contributed by atoms with van der Waals surface area (Å²) < 4.78 is 5.52. The Morgan fingerprint density at radius 1 is 1.35 bits per heavy atom. The van der Waals surface area contributed by atoms with E-state index in [2.05, 4.69) is 22.2 Å². The second-order valence-corrected chi connectivity index (χ2v) is 4.84. The van der Waals surface area contributed by atoms with Gasteiger partial charge in [-0.2, -0.15) is 0 Å². The van der Waals surface area contributed by atoms with Crippen molar-refractivity contribution >= 4 is 5.82 Å². The van der Waals surface area contributed by atoms with E-state index in [9.17, 15) is 0 Å². The molecule has 0 saturated carbocycles. The number of anilines is 1. The SMILES string of the molecule is CCNc1nc(-c2ccncc2C)nc2c1COCC2. The number of aryl methyl sites for hydroxylation is 1. The van der Waals surface area contributed by atoms with E-state index in [0.29, 0.717) is 6.61 Å². The van der Waals surface area contributed by atoms with Gasteiger partial charge in [0.15, 0.2) is 5.82 Å². The Labute approximate surface area is 118 Å². The van der Waals surface area contributed by atoms with Gasteiger partial charge in [-0.05, 0) is 25.5 Å². The lowest BCUT2D eigenvalue weighted by atomic mass is 10.1. The highest BCUT2D eigenvalue weighted by Crippen LogP contribution is 2.27. The van der Waals surface area contributed by atoms with Crippen molar-refractivity contribution in [1.29, 1.82) is 0 Å². The Hall–Kier alpha value is -2.01. The van der Waals surface area contributed by atoms with E-state index in [1.807, 2.05) is 19.2 Å². The molecular weight excluding hydrogens is 252 g/mol. The largest absolute Gasteiger partial charge is 0.376 e. The zero-order valence-electron chi connectivity index (χ0n) is 11.8. The normalized spacial score (nSPS) is 13.9. The third-order valence-electron chi connectivity index (χ3n) is 3.43. The van der Waals surface area contributed by atoms with Crippen molar-refractivity contribution in [3.63, 3.8) is 0 Å². The Bertz CT molecular complexity index is 627. The highest BCUT2D eigenvalue weighted by molar-refractivity contribution is 5.62. The molecule has 0 fully saturated rings. The summed E-state index contributed by atoms with van der Waals surface area (Å²) in [6.45, 7) is 6.24. The summed E-state index contributed by atoms with van der Waals surface area (Å²) in [5, 5.41) is 3.32. The van der Waals surface area contributed by atoms with Crippen LogP contribution in [-0.4, -0.2) is 28.1 Å². The van der Waals surface area contributed by atoms with Gasteiger partial charge in [-0.3, -0.25) is 4.98 Å². The number of hydrogen-bond donors (Lipinski definition) is 1. The zero-order chi connectivity index (χ0) is 13.9. The van der Waals surface area contributed by atoms with E-state index in [-0.39, 0.29) is 0 Å². The number of nitrogens with one attached hydrogen (secondary N) is 1. The van der Waals surface area contributed by atoms with Gasteiger partial charge < -0.3 is 10.1 Å². The van der Waals surface area contributed by atoms with Gasteiger partial charge in [-0.25, -0.2) is 9.97 Å². The van der Waals surface area contributed by atoms with Gasteiger partial charge in [0.1, 0.15) is 5.82 Å². The topological polar surface area (TPSA) is 59.9 Å². The average Bonchev–Trinajstić information content (AvgIpc) is 2.48. The highest BCUT2D eigenvalue weighted by Gasteiger charge is 2.19. The molecule has 0 amide bonds. The second kappa shape index (κ2) is 5.54. The Morgan fingerprint density at radius 2 is 2.25 bits per heavy atom. The summed E-state index contributed by atoms with van der Waals surface area (Å²) in [6, 6.07) is 1.96. The van der Waals surface area contributed by atoms with Crippen LogP contribution in [0.1, 0.15) is 23.7 Å². The van der Waals surface area contributed by atoms with Crippen molar-refractivity contribution in [3.05, 3.63) is 35.3 Å². The minimum Gasteiger partial charge on any atom is -0.376 e. The molecule has 5 nitrogen and oxygen atoms in total. The molecule has 0 unspecified atom stereocenters. The van der Waals surface area contributed by atoms with Crippen LogP contribution >= 0.6 is 0 Å². The average molecular weight is 270 g/mol. The Balaban J connectivity index is 2.13. The summed E-state index contributed by atoms with van der Waals surface area (Å²) in [5.41, 5.74) is 4.30. The molecule has 3 heterocycles. The lowest BCUT2D eigenvalue weighted by Crippen LogP contribution is -2.17. The van der Waals surface area contributed by atoms with Crippen molar-refractivity contribution in [3.8, 4) is 11.4 Å². The first-order valence-electron chi connectivity index (χ1n) is 6.92. The van der Waals surface area contributed by atoms with Crippen molar-refractivity contribution < 1.29 is 4.74 Å². The van der Waals surface area contributed by atoms with Gasteiger partial charge in [0.05, 0.1) is 18.9 Å². The van der Waals surface area contributed by atoms with Crippen molar-refractivity contribution in [1.82, 2.24) is 15.0 Å². The van der Waals surface area contributed by atoms with Crippen LogP contribution in [0.15, 0.2) is 18.5 Å². The number of nitrogens with zero attached hydrogens (tertiary/aromatic N) is 3. The monoisotopic (exact) mass is 270 g/mol. The number of ether oxygens (including phenoxy) is 1. The van der Waals surface area contributed by atoms with Crippen LogP contribution in [0.25, 0.3) is 11.4 Å². The summed E-state index contributed by atoms with van der Waals surface area (Å²) in [5.74, 6) is 1.66. The van der Waals surface area contributed by atoms with Gasteiger partial charge in [0.25, 0.3) is 0 Å². The molecule has 5 heteroatoms. The molecule has 0 radical (unpaired) electrons. The molecule has 1 aliphatic rings. The minimum atomic E-state index is 0.591. The molecule has 104 valence electrons. The number of fused-ring (bicyclic) bond motifs is 1. The van der Waals surface area contributed by atoms with E-state index >= 15 is 0 Å². The molecule has 3 rings (SSSR count). The molecule has 2 aromatic rings. The van der Waals surface area contributed by atoms with Crippen LogP contribution < -0.4 is 5.32 Å². The molecular formula is C15H18N4O. The van der Waals surface area contributed by atoms with Crippen LogP contribution in [0.4, 0.5) is 5.82 Å². The van der Waals surface area contributed by atoms with Gasteiger partial charge in [0, 0.05) is 36.5 Å². The van der Waals surface area contributed by atoms with Crippen LogP contribution in [0, 0.1) is 6.92 Å². The molecule has 1 aliphatic heterocycles. The number of rotatable bonds is 3. The number of pyridine rings is 1. The van der Waals surface area contributed by atoms with E-state index in [4.69, 9.17) is 9.72 Å². The van der Waals surface area contributed by atoms with Crippen molar-refractivity contribution in [2.24, 2.45) is 0 Å². The smallest absolute Gasteiger partial charge is 0.162 e. The summed E-state index contributed by atoms with van der Waals surface area (Å²) in [4.78, 5) is 13.5. The maximum Gasteiger partial charge on any atom is 0.162 e. The lowest BCUT2D eigenvalue weighted by Gasteiger charge is -2.20. The van der Waals surface area contributed by atoms with Gasteiger partial charge in [0.2, 0.25) is 0 Å². The van der Waals surface area contributed by atoms with E-state index < -0.39 is 0 Å². The van der Waals surface area contributed by atoms with Crippen LogP contribution in [0.2, 0.25) is 0 Å². The molecule has 0 atom stereocenters. The van der Waals surface area contributed by atoms with Crippen LogP contribution in [0.3, 0.4) is 0 Å². The lowest BCUT2D eigenvalue weighted by molar-refractivity contribution is 0.109. The fourth-order valence-corrected chi connectivity index (χ4v) is 2.39. The maximum atomic E-state index is 5.52. The third-order valence-corrected chi connectivity index (χ3v) is 3.43. The minimum absolute atomic E-state index is 0.591. The van der Waals surface area contributed by atoms with E-state index in [1.165, 1.54) is 0 Å².